The standard InChI is InChI=1S/C16H17NO2S/c1-3-19-14(18)13-11(2)20-15(17-13)16(9-10-16)12-7-5-4-6-8-12/h4-8H,3,9-10H2,1-2H3. The Kier molecular flexibility index (Phi) is 3.34. The molecule has 1 aliphatic carbocycles. The number of aryl methyl sites for hydroxylation is 1. The van der Waals surface area contributed by atoms with Crippen LogP contribution in [0.15, 0.2) is 30.3 Å². The molecule has 1 aliphatic rings. The lowest BCUT2D eigenvalue weighted by molar-refractivity contribution is 0.0519. The van der Waals surface area contributed by atoms with Gasteiger partial charge in [-0.25, -0.2) is 9.78 Å². The Labute approximate surface area is 122 Å². The minimum absolute atomic E-state index is 0.0292. The van der Waals surface area contributed by atoms with E-state index in [0.29, 0.717) is 12.3 Å². The Bertz CT molecular complexity index is 629. The lowest BCUT2D eigenvalue weighted by Gasteiger charge is -2.11. The lowest BCUT2D eigenvalue weighted by Crippen LogP contribution is -2.10. The molecular formula is C16H17NO2S. The molecule has 3 rings (SSSR count). The minimum atomic E-state index is -0.309. The Morgan fingerprint density at radius 3 is 2.65 bits per heavy atom. The van der Waals surface area contributed by atoms with E-state index in [4.69, 9.17) is 4.74 Å². The van der Waals surface area contributed by atoms with Crippen molar-refractivity contribution in [2.75, 3.05) is 6.61 Å². The Hall–Kier alpha value is -1.68. The molecule has 1 aromatic carbocycles. The molecule has 0 atom stereocenters. The van der Waals surface area contributed by atoms with Crippen LogP contribution in [0.2, 0.25) is 0 Å². The zero-order chi connectivity index (χ0) is 14.2. The quantitative estimate of drug-likeness (QED) is 0.805. The summed E-state index contributed by atoms with van der Waals surface area (Å²) in [5, 5.41) is 1.05. The molecule has 0 saturated heterocycles. The van der Waals surface area contributed by atoms with Gasteiger partial charge < -0.3 is 4.74 Å². The Morgan fingerprint density at radius 1 is 1.35 bits per heavy atom. The first-order valence-electron chi connectivity index (χ1n) is 6.88. The van der Waals surface area contributed by atoms with Crippen molar-refractivity contribution in [1.29, 1.82) is 0 Å². The van der Waals surface area contributed by atoms with Crippen molar-refractivity contribution in [3.8, 4) is 0 Å². The summed E-state index contributed by atoms with van der Waals surface area (Å²) >= 11 is 1.62. The molecule has 0 unspecified atom stereocenters. The number of aromatic nitrogens is 1. The summed E-state index contributed by atoms with van der Waals surface area (Å²) in [6.07, 6.45) is 2.21. The van der Waals surface area contributed by atoms with Crippen molar-refractivity contribution in [3.63, 3.8) is 0 Å². The first-order chi connectivity index (χ1) is 9.67. The number of hydrogen-bond acceptors (Lipinski definition) is 4. The molecule has 4 heteroatoms. The Morgan fingerprint density at radius 2 is 2.05 bits per heavy atom. The number of rotatable bonds is 4. The molecule has 1 aromatic heterocycles. The Balaban J connectivity index is 1.96. The van der Waals surface area contributed by atoms with E-state index in [1.807, 2.05) is 19.9 Å². The van der Waals surface area contributed by atoms with E-state index >= 15 is 0 Å². The number of carbonyl (C=O) groups excluding carboxylic acids is 1. The molecule has 104 valence electrons. The molecule has 3 nitrogen and oxygen atoms in total. The van der Waals surface area contributed by atoms with Gasteiger partial charge in [0.05, 0.1) is 6.61 Å². The highest BCUT2D eigenvalue weighted by molar-refractivity contribution is 7.12. The molecule has 0 bridgehead atoms. The number of thiazole rings is 1. The third-order valence-corrected chi connectivity index (χ3v) is 4.93. The molecule has 1 saturated carbocycles. The lowest BCUT2D eigenvalue weighted by atomic mass is 9.97. The summed E-state index contributed by atoms with van der Waals surface area (Å²) in [6, 6.07) is 10.4. The van der Waals surface area contributed by atoms with E-state index in [0.717, 1.165) is 22.7 Å². The number of hydrogen-bond donors (Lipinski definition) is 0. The monoisotopic (exact) mass is 287 g/mol. The third kappa shape index (κ3) is 2.14. The topological polar surface area (TPSA) is 39.2 Å². The van der Waals surface area contributed by atoms with Crippen LogP contribution in [0.5, 0.6) is 0 Å². The van der Waals surface area contributed by atoms with Crippen LogP contribution < -0.4 is 0 Å². The van der Waals surface area contributed by atoms with Crippen molar-refractivity contribution in [3.05, 3.63) is 51.5 Å². The van der Waals surface area contributed by atoms with Gasteiger partial charge in [-0.3, -0.25) is 0 Å². The number of nitrogens with zero attached hydrogens (tertiary/aromatic N) is 1. The van der Waals surface area contributed by atoms with E-state index in [9.17, 15) is 4.79 Å². The highest BCUT2D eigenvalue weighted by atomic mass is 32.1. The fourth-order valence-electron chi connectivity index (χ4n) is 2.50. The number of esters is 1. The summed E-state index contributed by atoms with van der Waals surface area (Å²) in [6.45, 7) is 4.14. The van der Waals surface area contributed by atoms with Crippen LogP contribution in [0, 0.1) is 6.92 Å². The average molecular weight is 287 g/mol. The van der Waals surface area contributed by atoms with E-state index in [1.165, 1.54) is 5.56 Å². The van der Waals surface area contributed by atoms with Crippen molar-refractivity contribution in [1.82, 2.24) is 4.98 Å². The van der Waals surface area contributed by atoms with Crippen LogP contribution in [0.1, 0.15) is 45.7 Å². The molecule has 0 spiro atoms. The van der Waals surface area contributed by atoms with Crippen LogP contribution in [-0.4, -0.2) is 17.6 Å². The van der Waals surface area contributed by atoms with Gasteiger partial charge in [0, 0.05) is 10.3 Å². The number of benzene rings is 1. The van der Waals surface area contributed by atoms with Gasteiger partial charge in [0.25, 0.3) is 0 Å². The second-order valence-corrected chi connectivity index (χ2v) is 6.30. The minimum Gasteiger partial charge on any atom is -0.461 e. The second kappa shape index (κ2) is 5.02. The smallest absolute Gasteiger partial charge is 0.358 e. The first-order valence-corrected chi connectivity index (χ1v) is 7.69. The highest BCUT2D eigenvalue weighted by Gasteiger charge is 2.48. The maximum absolute atomic E-state index is 11.9. The van der Waals surface area contributed by atoms with E-state index in [-0.39, 0.29) is 11.4 Å². The molecule has 0 radical (unpaired) electrons. The van der Waals surface area contributed by atoms with Crippen molar-refractivity contribution in [2.24, 2.45) is 0 Å². The maximum atomic E-state index is 11.9. The van der Waals surface area contributed by atoms with Crippen molar-refractivity contribution >= 4 is 17.3 Å². The van der Waals surface area contributed by atoms with Crippen molar-refractivity contribution < 1.29 is 9.53 Å². The summed E-state index contributed by atoms with van der Waals surface area (Å²) in [7, 11) is 0. The summed E-state index contributed by atoms with van der Waals surface area (Å²) < 4.78 is 5.07. The number of ether oxygens (including phenoxy) is 1. The molecular weight excluding hydrogens is 270 g/mol. The fourth-order valence-corrected chi connectivity index (χ4v) is 3.67. The van der Waals surface area contributed by atoms with Gasteiger partial charge in [-0.2, -0.15) is 0 Å². The van der Waals surface area contributed by atoms with Crippen LogP contribution in [0.25, 0.3) is 0 Å². The summed E-state index contributed by atoms with van der Waals surface area (Å²) in [5.41, 5.74) is 1.81. The van der Waals surface area contributed by atoms with Gasteiger partial charge in [-0.1, -0.05) is 30.3 Å². The third-order valence-electron chi connectivity index (χ3n) is 3.75. The molecule has 1 heterocycles. The van der Waals surface area contributed by atoms with Crippen LogP contribution >= 0.6 is 11.3 Å². The molecule has 0 N–H and O–H groups in total. The van der Waals surface area contributed by atoms with Crippen LogP contribution in [0.3, 0.4) is 0 Å². The first kappa shape index (κ1) is 13.3. The molecule has 2 aromatic rings. The largest absolute Gasteiger partial charge is 0.461 e. The van der Waals surface area contributed by atoms with Crippen LogP contribution in [-0.2, 0) is 10.2 Å². The summed E-state index contributed by atoms with van der Waals surface area (Å²) in [4.78, 5) is 17.4. The zero-order valence-corrected chi connectivity index (χ0v) is 12.5. The predicted molar refractivity (Wildman–Crippen MR) is 79.3 cm³/mol. The molecule has 0 amide bonds. The molecule has 1 fully saturated rings. The number of carbonyl (C=O) groups is 1. The van der Waals surface area contributed by atoms with Crippen LogP contribution in [0.4, 0.5) is 0 Å². The van der Waals surface area contributed by atoms with E-state index in [1.54, 1.807) is 11.3 Å². The highest BCUT2D eigenvalue weighted by Crippen LogP contribution is 2.54. The SMILES string of the molecule is CCOC(=O)c1nc(C2(c3ccccc3)CC2)sc1C. The summed E-state index contributed by atoms with van der Waals surface area (Å²) in [5.74, 6) is -0.309. The van der Waals surface area contributed by atoms with Crippen molar-refractivity contribution in [2.45, 2.75) is 32.1 Å². The zero-order valence-electron chi connectivity index (χ0n) is 11.7. The van der Waals surface area contributed by atoms with Gasteiger partial charge >= 0.3 is 5.97 Å². The molecule has 0 aliphatic heterocycles. The second-order valence-electron chi connectivity index (χ2n) is 5.09. The van der Waals surface area contributed by atoms with E-state index in [2.05, 4.69) is 29.2 Å². The average Bonchev–Trinajstić information content (AvgIpc) is 3.18. The van der Waals surface area contributed by atoms with Gasteiger partial charge in [-0.05, 0) is 32.3 Å². The predicted octanol–water partition coefficient (Wildman–Crippen LogP) is 3.71. The fraction of sp³-hybridized carbons (Fsp3) is 0.375. The van der Waals surface area contributed by atoms with Gasteiger partial charge in [-0.15, -0.1) is 11.3 Å². The van der Waals surface area contributed by atoms with Gasteiger partial charge in [0.15, 0.2) is 5.69 Å². The maximum Gasteiger partial charge on any atom is 0.358 e. The molecule has 20 heavy (non-hydrogen) atoms. The van der Waals surface area contributed by atoms with Gasteiger partial charge in [0.2, 0.25) is 0 Å². The van der Waals surface area contributed by atoms with Gasteiger partial charge in [0.1, 0.15) is 5.01 Å². The normalized spacial score (nSPS) is 15.9. The van der Waals surface area contributed by atoms with E-state index < -0.39 is 0 Å².